The molecule has 0 N–H and O–H groups in total. The van der Waals surface area contributed by atoms with Crippen LogP contribution in [0.15, 0.2) is 0 Å². The lowest BCUT2D eigenvalue weighted by atomic mass is 9.73. The highest BCUT2D eigenvalue weighted by molar-refractivity contribution is 4.91. The monoisotopic (exact) mass is 344 g/mol. The van der Waals surface area contributed by atoms with Crippen LogP contribution >= 0.6 is 0 Å². The van der Waals surface area contributed by atoms with E-state index >= 15 is 0 Å². The second-order valence-electron chi connectivity index (χ2n) is 8.66. The molecule has 2 unspecified atom stereocenters. The van der Waals surface area contributed by atoms with Gasteiger partial charge in [-0.25, -0.2) is 0 Å². The van der Waals surface area contributed by atoms with Crippen LogP contribution in [0.25, 0.3) is 0 Å². The van der Waals surface area contributed by atoms with Crippen molar-refractivity contribution in [3.8, 4) is 0 Å². The summed E-state index contributed by atoms with van der Waals surface area (Å²) in [5, 5.41) is 0. The van der Waals surface area contributed by atoms with Crippen LogP contribution in [0.1, 0.15) is 94.9 Å². The topological polar surface area (TPSA) is 27.7 Å². The molecule has 146 valence electrons. The van der Waals surface area contributed by atoms with Gasteiger partial charge in [-0.15, -0.1) is 0 Å². The Labute approximate surface area is 151 Å². The zero-order chi connectivity index (χ0) is 19.1. The van der Waals surface area contributed by atoms with Crippen molar-refractivity contribution >= 4 is 0 Å². The maximum absolute atomic E-state index is 6.37. The Bertz CT molecular complexity index is 351. The minimum absolute atomic E-state index is 0.0202. The van der Waals surface area contributed by atoms with Crippen LogP contribution in [0.2, 0.25) is 0 Å². The summed E-state index contributed by atoms with van der Waals surface area (Å²) in [4.78, 5) is 0. The van der Waals surface area contributed by atoms with E-state index in [1.165, 1.54) is 0 Å². The van der Waals surface area contributed by atoms with Crippen LogP contribution in [0.4, 0.5) is 0 Å². The maximum atomic E-state index is 6.37. The van der Waals surface area contributed by atoms with E-state index in [4.69, 9.17) is 14.2 Å². The first-order valence-corrected chi connectivity index (χ1v) is 9.82. The van der Waals surface area contributed by atoms with Gasteiger partial charge >= 0.3 is 0 Å². The molecule has 0 rings (SSSR count). The summed E-state index contributed by atoms with van der Waals surface area (Å²) in [6, 6.07) is 0. The third kappa shape index (κ3) is 7.01. The number of hydrogen-bond donors (Lipinski definition) is 0. The molecular formula is C21H44O3. The lowest BCUT2D eigenvalue weighted by Crippen LogP contribution is -2.48. The first-order chi connectivity index (χ1) is 10.9. The molecule has 0 amide bonds. The lowest BCUT2D eigenvalue weighted by molar-refractivity contribution is -0.165. The zero-order valence-corrected chi connectivity index (χ0v) is 18.2. The van der Waals surface area contributed by atoms with E-state index in [9.17, 15) is 0 Å². The van der Waals surface area contributed by atoms with E-state index in [1.54, 1.807) is 0 Å². The van der Waals surface area contributed by atoms with E-state index in [2.05, 4.69) is 69.2 Å². The highest BCUT2D eigenvalue weighted by Crippen LogP contribution is 2.39. The van der Waals surface area contributed by atoms with Crippen molar-refractivity contribution in [2.75, 3.05) is 19.8 Å². The van der Waals surface area contributed by atoms with Gasteiger partial charge in [-0.05, 0) is 67.2 Å². The summed E-state index contributed by atoms with van der Waals surface area (Å²) in [6.07, 6.45) is 3.96. The normalized spacial score (nSPS) is 18.2. The smallest absolute Gasteiger partial charge is 0.0701 e. The van der Waals surface area contributed by atoms with Crippen LogP contribution in [0.5, 0.6) is 0 Å². The molecule has 0 bridgehead atoms. The van der Waals surface area contributed by atoms with Crippen molar-refractivity contribution in [1.29, 1.82) is 0 Å². The molecule has 0 heterocycles. The standard InChI is InChI=1S/C21H44O3/c1-11-18(5,6)24-17-20(9,12-2)19(7,8)23-16-15-21(10,13-3)22-14-4/h11-17H2,1-10H3. The van der Waals surface area contributed by atoms with Gasteiger partial charge in [0, 0.05) is 12.0 Å². The molecule has 3 nitrogen and oxygen atoms in total. The SMILES string of the molecule is CCOC(C)(CC)CCOC(C)(C)C(C)(CC)COC(C)(C)CC. The van der Waals surface area contributed by atoms with Gasteiger partial charge in [-0.1, -0.05) is 27.7 Å². The fourth-order valence-corrected chi connectivity index (χ4v) is 2.55. The Kier molecular flexibility index (Phi) is 9.49. The second kappa shape index (κ2) is 9.54. The Hall–Kier alpha value is -0.120. The highest BCUT2D eigenvalue weighted by atomic mass is 16.5. The maximum Gasteiger partial charge on any atom is 0.0701 e. The molecule has 0 saturated heterocycles. The van der Waals surface area contributed by atoms with Crippen LogP contribution in [-0.2, 0) is 14.2 Å². The van der Waals surface area contributed by atoms with E-state index in [-0.39, 0.29) is 22.2 Å². The van der Waals surface area contributed by atoms with Gasteiger partial charge in [0.25, 0.3) is 0 Å². The molecule has 0 aromatic rings. The summed E-state index contributed by atoms with van der Waals surface area (Å²) in [6.45, 7) is 24.0. The number of rotatable bonds is 13. The molecule has 3 heteroatoms. The second-order valence-corrected chi connectivity index (χ2v) is 8.66. The van der Waals surface area contributed by atoms with Gasteiger partial charge in [0.05, 0.1) is 30.0 Å². The Morgan fingerprint density at radius 2 is 1.25 bits per heavy atom. The van der Waals surface area contributed by atoms with Crippen LogP contribution in [-0.4, -0.2) is 36.6 Å². The van der Waals surface area contributed by atoms with Crippen LogP contribution < -0.4 is 0 Å². The molecule has 0 saturated carbocycles. The first-order valence-electron chi connectivity index (χ1n) is 9.82. The molecule has 0 aliphatic heterocycles. The average molecular weight is 345 g/mol. The third-order valence-electron chi connectivity index (χ3n) is 6.20. The predicted molar refractivity (Wildman–Crippen MR) is 104 cm³/mol. The van der Waals surface area contributed by atoms with Crippen molar-refractivity contribution < 1.29 is 14.2 Å². The van der Waals surface area contributed by atoms with Gasteiger partial charge in [0.2, 0.25) is 0 Å². The predicted octanol–water partition coefficient (Wildman–Crippen LogP) is 6.00. The van der Waals surface area contributed by atoms with E-state index in [1.807, 2.05) is 0 Å². The van der Waals surface area contributed by atoms with E-state index < -0.39 is 0 Å². The van der Waals surface area contributed by atoms with Crippen LogP contribution in [0.3, 0.4) is 0 Å². The largest absolute Gasteiger partial charge is 0.375 e. The lowest BCUT2D eigenvalue weighted by Gasteiger charge is -2.45. The quantitative estimate of drug-likeness (QED) is 0.410. The van der Waals surface area contributed by atoms with Crippen molar-refractivity contribution in [1.82, 2.24) is 0 Å². The molecule has 24 heavy (non-hydrogen) atoms. The first kappa shape index (κ1) is 23.9. The van der Waals surface area contributed by atoms with Crippen molar-refractivity contribution in [3.63, 3.8) is 0 Å². The van der Waals surface area contributed by atoms with Gasteiger partial charge in [0.15, 0.2) is 0 Å². The summed E-state index contributed by atoms with van der Waals surface area (Å²) in [7, 11) is 0. The molecular weight excluding hydrogens is 300 g/mol. The fourth-order valence-electron chi connectivity index (χ4n) is 2.55. The molecule has 0 spiro atoms. The summed E-state index contributed by atoms with van der Waals surface area (Å²) in [5.41, 5.74) is -0.434. The molecule has 0 aliphatic rings. The summed E-state index contributed by atoms with van der Waals surface area (Å²) >= 11 is 0. The summed E-state index contributed by atoms with van der Waals surface area (Å²) in [5.74, 6) is 0. The number of ether oxygens (including phenoxy) is 3. The van der Waals surface area contributed by atoms with Crippen LogP contribution in [0, 0.1) is 5.41 Å². The van der Waals surface area contributed by atoms with Gasteiger partial charge < -0.3 is 14.2 Å². The van der Waals surface area contributed by atoms with Gasteiger partial charge in [0.1, 0.15) is 0 Å². The van der Waals surface area contributed by atoms with Crippen molar-refractivity contribution in [2.45, 2.75) is 112 Å². The van der Waals surface area contributed by atoms with Gasteiger partial charge in [-0.3, -0.25) is 0 Å². The Morgan fingerprint density at radius 3 is 1.67 bits per heavy atom. The molecule has 0 aliphatic carbocycles. The Morgan fingerprint density at radius 1 is 0.667 bits per heavy atom. The molecule has 2 atom stereocenters. The molecule has 0 radical (unpaired) electrons. The van der Waals surface area contributed by atoms with Gasteiger partial charge in [-0.2, -0.15) is 0 Å². The minimum Gasteiger partial charge on any atom is -0.375 e. The summed E-state index contributed by atoms with van der Waals surface area (Å²) < 4.78 is 18.5. The van der Waals surface area contributed by atoms with Crippen molar-refractivity contribution in [3.05, 3.63) is 0 Å². The minimum atomic E-state index is -0.244. The Balaban J connectivity index is 4.79. The molecule has 0 fully saturated rings. The van der Waals surface area contributed by atoms with Crippen molar-refractivity contribution in [2.24, 2.45) is 5.41 Å². The molecule has 0 aromatic heterocycles. The molecule has 0 aromatic carbocycles. The number of hydrogen-bond acceptors (Lipinski definition) is 3. The van der Waals surface area contributed by atoms with E-state index in [0.29, 0.717) is 13.2 Å². The average Bonchev–Trinajstić information content (AvgIpc) is 2.52. The fraction of sp³-hybridized carbons (Fsp3) is 1.00. The zero-order valence-electron chi connectivity index (χ0n) is 18.2. The highest BCUT2D eigenvalue weighted by Gasteiger charge is 2.42. The van der Waals surface area contributed by atoms with E-state index in [0.717, 1.165) is 32.3 Å². The third-order valence-corrected chi connectivity index (χ3v) is 6.20.